The normalized spacial score (nSPS) is 20.1. The fourth-order valence-electron chi connectivity index (χ4n) is 2.71. The van der Waals surface area contributed by atoms with Crippen LogP contribution in [0.5, 0.6) is 0 Å². The lowest BCUT2D eigenvalue weighted by molar-refractivity contribution is 0.135. The quantitative estimate of drug-likeness (QED) is 0.666. The molecule has 31 heavy (non-hydrogen) atoms. The molecule has 0 radical (unpaired) electrons. The molecule has 0 amide bonds. The maximum atomic E-state index is 12.2. The molecule has 1 fully saturated rings. The van der Waals surface area contributed by atoms with E-state index in [1.807, 2.05) is 13.8 Å². The number of allylic oxidation sites excluding steroid dienone is 6. The van der Waals surface area contributed by atoms with E-state index in [4.69, 9.17) is 10.5 Å². The van der Waals surface area contributed by atoms with Crippen LogP contribution in [0.15, 0.2) is 42.2 Å². The molecule has 3 N–H and O–H groups in total. The van der Waals surface area contributed by atoms with E-state index in [2.05, 4.69) is 10.4 Å². The molecule has 4 rings (SSSR count). The van der Waals surface area contributed by atoms with Crippen molar-refractivity contribution in [2.45, 2.75) is 58.7 Å². The molecule has 0 aromatic carbocycles. The van der Waals surface area contributed by atoms with Gasteiger partial charge in [0.05, 0.1) is 18.6 Å². The Bertz CT molecular complexity index is 814. The van der Waals surface area contributed by atoms with Crippen molar-refractivity contribution in [1.82, 2.24) is 14.5 Å². The van der Waals surface area contributed by atoms with E-state index < -0.39 is 10.0 Å². The van der Waals surface area contributed by atoms with Gasteiger partial charge in [0.25, 0.3) is 10.0 Å². The minimum atomic E-state index is -3.20. The van der Waals surface area contributed by atoms with Gasteiger partial charge in [-0.3, -0.25) is 0 Å². The van der Waals surface area contributed by atoms with E-state index in [9.17, 15) is 17.2 Å². The van der Waals surface area contributed by atoms with Crippen molar-refractivity contribution in [2.75, 3.05) is 19.5 Å². The summed E-state index contributed by atoms with van der Waals surface area (Å²) in [6, 6.07) is 0.303. The van der Waals surface area contributed by atoms with Crippen molar-refractivity contribution in [3.05, 3.63) is 53.4 Å². The summed E-state index contributed by atoms with van der Waals surface area (Å²) in [6.07, 6.45) is 11.5. The van der Waals surface area contributed by atoms with Gasteiger partial charge < -0.3 is 15.8 Å². The smallest absolute Gasteiger partial charge is 0.250 e. The molecule has 2 aliphatic heterocycles. The first-order valence-electron chi connectivity index (χ1n) is 10.5. The van der Waals surface area contributed by atoms with Crippen molar-refractivity contribution in [2.24, 2.45) is 5.73 Å². The van der Waals surface area contributed by atoms with Crippen molar-refractivity contribution in [3.63, 3.8) is 0 Å². The summed E-state index contributed by atoms with van der Waals surface area (Å²) >= 11 is 0. The molecule has 1 saturated heterocycles. The SMILES string of the molecule is CC.CS(=O)(=O)n1cc2c(n1)CNC2.FC1=CCC=C(F)C=C1.N[C@H]1CCCCOC1. The van der Waals surface area contributed by atoms with Gasteiger partial charge in [-0.25, -0.2) is 17.2 Å². The molecule has 1 atom stereocenters. The fraction of sp³-hybridized carbons (Fsp3) is 0.571. The van der Waals surface area contributed by atoms with Gasteiger partial charge >= 0.3 is 0 Å². The molecule has 1 aromatic heterocycles. The van der Waals surface area contributed by atoms with E-state index in [-0.39, 0.29) is 11.7 Å². The van der Waals surface area contributed by atoms with Crippen LogP contribution >= 0.6 is 0 Å². The van der Waals surface area contributed by atoms with Gasteiger partial charge in [0.1, 0.15) is 11.7 Å². The summed E-state index contributed by atoms with van der Waals surface area (Å²) in [5.41, 5.74) is 7.42. The van der Waals surface area contributed by atoms with Crippen LogP contribution in [0.2, 0.25) is 0 Å². The zero-order valence-electron chi connectivity index (χ0n) is 18.5. The second kappa shape index (κ2) is 14.2. The number of aromatic nitrogens is 2. The fourth-order valence-corrected chi connectivity index (χ4v) is 3.28. The number of hydrogen-bond donors (Lipinski definition) is 2. The van der Waals surface area contributed by atoms with Gasteiger partial charge in [-0.2, -0.15) is 9.19 Å². The number of ether oxygens (including phenoxy) is 1. The third kappa shape index (κ3) is 10.8. The highest BCUT2D eigenvalue weighted by Gasteiger charge is 2.17. The van der Waals surface area contributed by atoms with Crippen LogP contribution in [-0.2, 0) is 27.8 Å². The van der Waals surface area contributed by atoms with Crippen molar-refractivity contribution in [1.29, 1.82) is 0 Å². The summed E-state index contributed by atoms with van der Waals surface area (Å²) in [5, 5.41) is 7.00. The van der Waals surface area contributed by atoms with E-state index in [0.717, 1.165) is 53.4 Å². The van der Waals surface area contributed by atoms with Gasteiger partial charge in [0.2, 0.25) is 0 Å². The molecule has 7 nitrogen and oxygen atoms in total. The zero-order valence-corrected chi connectivity index (χ0v) is 19.3. The lowest BCUT2D eigenvalue weighted by Gasteiger charge is -2.03. The molecule has 176 valence electrons. The minimum absolute atomic E-state index is 0.303. The monoisotopic (exact) mass is 460 g/mol. The number of rotatable bonds is 1. The highest BCUT2D eigenvalue weighted by Crippen LogP contribution is 2.13. The third-order valence-electron chi connectivity index (χ3n) is 4.28. The van der Waals surface area contributed by atoms with Crippen LogP contribution in [0.3, 0.4) is 0 Å². The Kier molecular flexibility index (Phi) is 12.5. The molecular weight excluding hydrogens is 426 g/mol. The van der Waals surface area contributed by atoms with Gasteiger partial charge in [-0.15, -0.1) is 0 Å². The summed E-state index contributed by atoms with van der Waals surface area (Å²) in [7, 11) is -3.20. The number of fused-ring (bicyclic) bond motifs is 1. The topological polar surface area (TPSA) is 99.2 Å². The highest BCUT2D eigenvalue weighted by atomic mass is 32.2. The molecule has 10 heteroatoms. The van der Waals surface area contributed by atoms with Crippen molar-refractivity contribution >= 4 is 10.0 Å². The highest BCUT2D eigenvalue weighted by molar-refractivity contribution is 7.89. The lowest BCUT2D eigenvalue weighted by Crippen LogP contribution is -2.23. The summed E-state index contributed by atoms with van der Waals surface area (Å²) in [6.45, 7) is 7.05. The summed E-state index contributed by atoms with van der Waals surface area (Å²) in [5.74, 6) is -0.752. The zero-order chi connectivity index (χ0) is 23.3. The van der Waals surface area contributed by atoms with Crippen LogP contribution in [-0.4, -0.2) is 43.1 Å². The predicted octanol–water partition coefficient (Wildman–Crippen LogP) is 3.49. The summed E-state index contributed by atoms with van der Waals surface area (Å²) in [4.78, 5) is 0. The average molecular weight is 461 g/mol. The average Bonchev–Trinajstić information content (AvgIpc) is 3.19. The molecule has 3 heterocycles. The Morgan fingerprint density at radius 1 is 1.16 bits per heavy atom. The third-order valence-corrected chi connectivity index (χ3v) is 5.14. The van der Waals surface area contributed by atoms with E-state index in [1.54, 1.807) is 6.20 Å². The number of nitrogens with one attached hydrogen (secondary N) is 1. The number of nitrogens with zero attached hydrogens (tertiary/aromatic N) is 2. The van der Waals surface area contributed by atoms with Gasteiger partial charge in [0.15, 0.2) is 0 Å². The molecule has 1 aromatic rings. The Labute approximate surface area is 184 Å². The molecule has 0 unspecified atom stereocenters. The Hall–Kier alpha value is -1.88. The molecule has 0 spiro atoms. The molecule has 3 aliphatic rings. The minimum Gasteiger partial charge on any atom is -0.380 e. The van der Waals surface area contributed by atoms with Gasteiger partial charge in [-0.1, -0.05) is 13.8 Å². The second-order valence-electron chi connectivity index (χ2n) is 6.92. The maximum Gasteiger partial charge on any atom is 0.250 e. The van der Waals surface area contributed by atoms with Crippen LogP contribution in [0.1, 0.15) is 50.8 Å². The van der Waals surface area contributed by atoms with Gasteiger partial charge in [-0.05, 0) is 50.0 Å². The standard InChI is InChI=1S/C7H6F2.C6H9N3O2S.C6H13NO.C2H6/c8-6-2-1-3-7(9)5-4-6;1-12(10,11)9-4-5-2-7-3-6(5)8-9;7-6-3-1-2-4-8-5-6;1-2/h2-5H,1H2;4,7H,2-3H2,1H3;6H,1-5,7H2;1-2H3/t;;6-;/m..0./s1. The van der Waals surface area contributed by atoms with Crippen LogP contribution < -0.4 is 11.1 Å². The number of halogens is 2. The van der Waals surface area contributed by atoms with E-state index in [1.165, 1.54) is 25.0 Å². The number of hydrogen-bond acceptors (Lipinski definition) is 6. The van der Waals surface area contributed by atoms with E-state index in [0.29, 0.717) is 25.6 Å². The Morgan fingerprint density at radius 3 is 2.39 bits per heavy atom. The van der Waals surface area contributed by atoms with Gasteiger partial charge in [0, 0.05) is 37.5 Å². The largest absolute Gasteiger partial charge is 0.380 e. The Morgan fingerprint density at radius 2 is 1.81 bits per heavy atom. The van der Waals surface area contributed by atoms with Crippen molar-refractivity contribution in [3.8, 4) is 0 Å². The predicted molar refractivity (Wildman–Crippen MR) is 119 cm³/mol. The molecule has 0 saturated carbocycles. The molecule has 1 aliphatic carbocycles. The second-order valence-corrected chi connectivity index (χ2v) is 8.76. The van der Waals surface area contributed by atoms with Crippen LogP contribution in [0, 0.1) is 0 Å². The molecular formula is C21H34F2N4O3S. The first-order valence-corrected chi connectivity index (χ1v) is 12.3. The van der Waals surface area contributed by atoms with Crippen LogP contribution in [0.4, 0.5) is 8.78 Å². The van der Waals surface area contributed by atoms with E-state index >= 15 is 0 Å². The summed E-state index contributed by atoms with van der Waals surface area (Å²) < 4.78 is 52.6. The lowest BCUT2D eigenvalue weighted by atomic mass is 10.2. The first-order chi connectivity index (χ1) is 14.8. The maximum absolute atomic E-state index is 12.2. The number of nitrogens with two attached hydrogens (primary N) is 1. The first kappa shape index (κ1) is 27.2. The van der Waals surface area contributed by atoms with Crippen LogP contribution in [0.25, 0.3) is 0 Å². The van der Waals surface area contributed by atoms with Crippen molar-refractivity contribution < 1.29 is 21.9 Å². The molecule has 0 bridgehead atoms. The Balaban J connectivity index is 0.000000229.